The molecule has 0 aliphatic heterocycles. The second kappa shape index (κ2) is 10.4. The third kappa shape index (κ3) is 5.56. The first-order chi connectivity index (χ1) is 14.3. The molecule has 1 atom stereocenters. The number of benzene rings is 2. The van der Waals surface area contributed by atoms with Crippen molar-refractivity contribution in [2.24, 2.45) is 0 Å². The smallest absolute Gasteiger partial charge is 0.279 e. The van der Waals surface area contributed by atoms with Crippen LogP contribution in [0, 0.1) is 13.8 Å². The van der Waals surface area contributed by atoms with Gasteiger partial charge < -0.3 is 18.9 Å². The average molecular weight is 416 g/mol. The summed E-state index contributed by atoms with van der Waals surface area (Å²) in [6, 6.07) is 8.98. The van der Waals surface area contributed by atoms with Crippen molar-refractivity contribution in [1.82, 2.24) is 10.9 Å². The van der Waals surface area contributed by atoms with E-state index in [0.29, 0.717) is 28.6 Å². The Bertz CT molecular complexity index is 887. The van der Waals surface area contributed by atoms with Crippen molar-refractivity contribution in [3.63, 3.8) is 0 Å². The topological polar surface area (TPSA) is 95.1 Å². The molecular weight excluding hydrogens is 388 g/mol. The summed E-state index contributed by atoms with van der Waals surface area (Å²) in [4.78, 5) is 24.5. The molecule has 0 saturated carbocycles. The fourth-order valence-electron chi connectivity index (χ4n) is 2.80. The van der Waals surface area contributed by atoms with E-state index in [0.717, 1.165) is 11.1 Å². The van der Waals surface area contributed by atoms with E-state index in [-0.39, 0.29) is 6.42 Å². The quantitative estimate of drug-likeness (QED) is 0.642. The maximum Gasteiger partial charge on any atom is 0.279 e. The van der Waals surface area contributed by atoms with E-state index in [4.69, 9.17) is 18.9 Å². The lowest BCUT2D eigenvalue weighted by molar-refractivity contribution is -0.132. The molecule has 2 aromatic carbocycles. The van der Waals surface area contributed by atoms with Gasteiger partial charge in [0.05, 0.1) is 27.8 Å². The van der Waals surface area contributed by atoms with Crippen molar-refractivity contribution in [3.8, 4) is 23.0 Å². The lowest BCUT2D eigenvalue weighted by Gasteiger charge is -2.17. The molecule has 2 N–H and O–H groups in total. The van der Waals surface area contributed by atoms with Gasteiger partial charge in [0.1, 0.15) is 5.75 Å². The average Bonchev–Trinajstić information content (AvgIpc) is 2.74. The first-order valence-corrected chi connectivity index (χ1v) is 9.41. The fourth-order valence-corrected chi connectivity index (χ4v) is 2.80. The zero-order valence-electron chi connectivity index (χ0n) is 18.1. The van der Waals surface area contributed by atoms with Crippen molar-refractivity contribution < 1.29 is 28.5 Å². The molecular formula is C22H28N2O6. The normalized spacial score (nSPS) is 11.3. The van der Waals surface area contributed by atoms with E-state index >= 15 is 0 Å². The van der Waals surface area contributed by atoms with Gasteiger partial charge in [0.15, 0.2) is 17.6 Å². The molecule has 0 aromatic heterocycles. The molecule has 0 aliphatic rings. The Morgan fingerprint density at radius 1 is 0.933 bits per heavy atom. The molecule has 0 spiro atoms. The van der Waals surface area contributed by atoms with Gasteiger partial charge in [-0.1, -0.05) is 12.1 Å². The number of carbonyl (C=O) groups is 2. The summed E-state index contributed by atoms with van der Waals surface area (Å²) in [5.74, 6) is 1.08. The van der Waals surface area contributed by atoms with E-state index in [1.165, 1.54) is 21.3 Å². The number of amides is 2. The minimum absolute atomic E-state index is 0.00319. The number of hydrogen-bond acceptors (Lipinski definition) is 6. The number of hydrogen-bond donors (Lipinski definition) is 2. The molecule has 2 amide bonds. The van der Waals surface area contributed by atoms with E-state index in [1.807, 2.05) is 26.0 Å². The van der Waals surface area contributed by atoms with E-state index in [9.17, 15) is 9.59 Å². The van der Waals surface area contributed by atoms with Gasteiger partial charge in [0, 0.05) is 0 Å². The summed E-state index contributed by atoms with van der Waals surface area (Å²) in [6.07, 6.45) is -0.782. The SMILES string of the molecule is COc1cc(CC(=O)NNC(=O)C(C)Oc2cccc(C)c2C)cc(OC)c1OC. The van der Waals surface area contributed by atoms with Crippen molar-refractivity contribution in [2.75, 3.05) is 21.3 Å². The highest BCUT2D eigenvalue weighted by Crippen LogP contribution is 2.38. The van der Waals surface area contributed by atoms with Crippen LogP contribution in [0.15, 0.2) is 30.3 Å². The van der Waals surface area contributed by atoms with Crippen LogP contribution < -0.4 is 29.8 Å². The number of aryl methyl sites for hydroxylation is 1. The largest absolute Gasteiger partial charge is 0.493 e. The second-order valence-corrected chi connectivity index (χ2v) is 6.71. The van der Waals surface area contributed by atoms with Crippen LogP contribution in [0.1, 0.15) is 23.6 Å². The van der Waals surface area contributed by atoms with Crippen molar-refractivity contribution in [1.29, 1.82) is 0 Å². The number of carbonyl (C=O) groups excluding carboxylic acids is 2. The molecule has 0 saturated heterocycles. The first kappa shape index (κ1) is 22.9. The Morgan fingerprint density at radius 2 is 1.57 bits per heavy atom. The van der Waals surface area contributed by atoms with Gasteiger partial charge in [0.25, 0.3) is 5.91 Å². The van der Waals surface area contributed by atoms with Crippen molar-refractivity contribution in [3.05, 3.63) is 47.0 Å². The molecule has 0 heterocycles. The Labute approximate surface area is 176 Å². The summed E-state index contributed by atoms with van der Waals surface area (Å²) < 4.78 is 21.5. The highest BCUT2D eigenvalue weighted by molar-refractivity contribution is 5.85. The molecule has 8 heteroatoms. The molecule has 0 bridgehead atoms. The minimum Gasteiger partial charge on any atom is -0.493 e. The van der Waals surface area contributed by atoms with Crippen molar-refractivity contribution in [2.45, 2.75) is 33.3 Å². The van der Waals surface area contributed by atoms with Gasteiger partial charge in [0.2, 0.25) is 11.7 Å². The van der Waals surface area contributed by atoms with Gasteiger partial charge in [-0.3, -0.25) is 20.4 Å². The highest BCUT2D eigenvalue weighted by atomic mass is 16.5. The van der Waals surface area contributed by atoms with E-state index in [2.05, 4.69) is 10.9 Å². The Kier molecular flexibility index (Phi) is 7.91. The molecule has 30 heavy (non-hydrogen) atoms. The molecule has 1 unspecified atom stereocenters. The summed E-state index contributed by atoms with van der Waals surface area (Å²) in [6.45, 7) is 5.51. The van der Waals surface area contributed by atoms with Crippen LogP contribution in [0.25, 0.3) is 0 Å². The van der Waals surface area contributed by atoms with Crippen LogP contribution in [0.3, 0.4) is 0 Å². The Balaban J connectivity index is 1.95. The summed E-state index contributed by atoms with van der Waals surface area (Å²) >= 11 is 0. The predicted octanol–water partition coefficient (Wildman–Crippen LogP) is 2.49. The molecule has 162 valence electrons. The van der Waals surface area contributed by atoms with E-state index < -0.39 is 17.9 Å². The van der Waals surface area contributed by atoms with E-state index in [1.54, 1.807) is 25.1 Å². The van der Waals surface area contributed by atoms with Crippen LogP contribution in [0.2, 0.25) is 0 Å². The molecule has 8 nitrogen and oxygen atoms in total. The monoisotopic (exact) mass is 416 g/mol. The molecule has 0 fully saturated rings. The zero-order valence-corrected chi connectivity index (χ0v) is 18.1. The summed E-state index contributed by atoms with van der Waals surface area (Å²) in [5, 5.41) is 0. The maximum atomic E-state index is 12.3. The number of hydrazine groups is 1. The van der Waals surface area contributed by atoms with Crippen LogP contribution in [-0.2, 0) is 16.0 Å². The van der Waals surface area contributed by atoms with Crippen LogP contribution in [0.4, 0.5) is 0 Å². The zero-order chi connectivity index (χ0) is 22.3. The maximum absolute atomic E-state index is 12.3. The summed E-state index contributed by atoms with van der Waals surface area (Å²) in [7, 11) is 4.50. The van der Waals surface area contributed by atoms with Crippen LogP contribution in [0.5, 0.6) is 23.0 Å². The van der Waals surface area contributed by atoms with Gasteiger partial charge in [-0.25, -0.2) is 0 Å². The molecule has 2 aromatic rings. The van der Waals surface area contributed by atoms with Gasteiger partial charge in [-0.05, 0) is 55.7 Å². The Morgan fingerprint density at radius 3 is 2.13 bits per heavy atom. The number of rotatable bonds is 8. The minimum atomic E-state index is -0.785. The lowest BCUT2D eigenvalue weighted by Crippen LogP contribution is -2.47. The standard InChI is InChI=1S/C22H28N2O6/c1-13-8-7-9-17(14(13)2)30-15(3)22(26)24-23-20(25)12-16-10-18(27-4)21(29-6)19(11-16)28-5/h7-11,15H,12H2,1-6H3,(H,23,25)(H,24,26). The van der Waals surface area contributed by atoms with Crippen LogP contribution in [-0.4, -0.2) is 39.2 Å². The van der Waals surface area contributed by atoms with Crippen LogP contribution >= 0.6 is 0 Å². The number of ether oxygens (including phenoxy) is 4. The van der Waals surface area contributed by atoms with Gasteiger partial charge in [-0.15, -0.1) is 0 Å². The van der Waals surface area contributed by atoms with Gasteiger partial charge in [-0.2, -0.15) is 0 Å². The lowest BCUT2D eigenvalue weighted by atomic mass is 10.1. The molecule has 2 rings (SSSR count). The molecule has 0 aliphatic carbocycles. The molecule has 0 radical (unpaired) electrons. The number of methoxy groups -OCH3 is 3. The first-order valence-electron chi connectivity index (χ1n) is 9.41. The summed E-state index contributed by atoms with van der Waals surface area (Å²) in [5.41, 5.74) is 7.45. The highest BCUT2D eigenvalue weighted by Gasteiger charge is 2.18. The number of nitrogens with one attached hydrogen (secondary N) is 2. The van der Waals surface area contributed by atoms with Crippen molar-refractivity contribution >= 4 is 11.8 Å². The third-order valence-corrected chi connectivity index (χ3v) is 4.64. The predicted molar refractivity (Wildman–Crippen MR) is 112 cm³/mol. The third-order valence-electron chi connectivity index (χ3n) is 4.64. The second-order valence-electron chi connectivity index (χ2n) is 6.71. The fraction of sp³-hybridized carbons (Fsp3) is 0.364. The Hall–Kier alpha value is -3.42. The van der Waals surface area contributed by atoms with Gasteiger partial charge >= 0.3 is 0 Å².